The van der Waals surface area contributed by atoms with Crippen LogP contribution in [0.2, 0.25) is 5.02 Å². The molecule has 22 heavy (non-hydrogen) atoms. The minimum Gasteiger partial charge on any atom is -0.323 e. The fourth-order valence-electron chi connectivity index (χ4n) is 1.77. The molecule has 7 heteroatoms. The molecular formula is C15H10BrClF3NO. The van der Waals surface area contributed by atoms with Crippen LogP contribution in [0.1, 0.15) is 16.0 Å². The van der Waals surface area contributed by atoms with Gasteiger partial charge in [0, 0.05) is 0 Å². The first kappa shape index (κ1) is 16.8. The summed E-state index contributed by atoms with van der Waals surface area (Å²) in [4.78, 5) is 11.4. The van der Waals surface area contributed by atoms with Crippen molar-refractivity contribution in [3.8, 4) is 0 Å². The summed E-state index contributed by atoms with van der Waals surface area (Å²) in [7, 11) is 0. The van der Waals surface area contributed by atoms with Crippen molar-refractivity contribution in [2.45, 2.75) is 11.0 Å². The van der Waals surface area contributed by atoms with E-state index in [0.717, 1.165) is 18.2 Å². The minimum absolute atomic E-state index is 0.0362. The summed E-state index contributed by atoms with van der Waals surface area (Å²) in [6, 6.07) is 11.5. The third-order valence-corrected chi connectivity index (χ3v) is 4.15. The van der Waals surface area contributed by atoms with Gasteiger partial charge >= 0.3 is 6.18 Å². The van der Waals surface area contributed by atoms with Crippen molar-refractivity contribution in [2.75, 3.05) is 5.32 Å². The van der Waals surface area contributed by atoms with Gasteiger partial charge in [-0.3, -0.25) is 4.79 Å². The summed E-state index contributed by atoms with van der Waals surface area (Å²) in [5.74, 6) is -0.507. The van der Waals surface area contributed by atoms with Gasteiger partial charge in [-0.15, -0.1) is 0 Å². The van der Waals surface area contributed by atoms with Crippen LogP contribution in [0, 0.1) is 0 Å². The molecule has 2 rings (SSSR count). The molecule has 0 aliphatic carbocycles. The van der Waals surface area contributed by atoms with E-state index in [4.69, 9.17) is 11.6 Å². The molecule has 0 fully saturated rings. The van der Waals surface area contributed by atoms with Gasteiger partial charge in [-0.1, -0.05) is 57.9 Å². The van der Waals surface area contributed by atoms with Crippen LogP contribution in [-0.2, 0) is 11.0 Å². The predicted octanol–water partition coefficient (Wildman–Crippen LogP) is 5.43. The standard InChI is InChI=1S/C15H10BrClF3NO/c16-13(9-4-2-1-3-5-9)14(22)21-12-8-10(15(18,19)20)6-7-11(12)17/h1-8,13H,(H,21,22). The van der Waals surface area contributed by atoms with Crippen LogP contribution in [-0.4, -0.2) is 5.91 Å². The molecule has 0 aromatic heterocycles. The van der Waals surface area contributed by atoms with E-state index in [0.29, 0.717) is 5.56 Å². The number of carbonyl (C=O) groups excluding carboxylic acids is 1. The summed E-state index contributed by atoms with van der Waals surface area (Å²) >= 11 is 9.06. The normalized spacial score (nSPS) is 12.8. The summed E-state index contributed by atoms with van der Waals surface area (Å²) < 4.78 is 38.1. The first-order valence-electron chi connectivity index (χ1n) is 6.15. The second-order valence-corrected chi connectivity index (χ2v) is 5.78. The van der Waals surface area contributed by atoms with Gasteiger partial charge in [0.1, 0.15) is 4.83 Å². The van der Waals surface area contributed by atoms with Crippen LogP contribution < -0.4 is 5.32 Å². The molecule has 0 saturated carbocycles. The Bertz CT molecular complexity index is 676. The zero-order valence-electron chi connectivity index (χ0n) is 11.0. The van der Waals surface area contributed by atoms with Crippen molar-refractivity contribution in [1.82, 2.24) is 0 Å². The summed E-state index contributed by atoms with van der Waals surface area (Å²) in [5, 5.41) is 2.44. The average Bonchev–Trinajstić information content (AvgIpc) is 2.48. The average molecular weight is 393 g/mol. The van der Waals surface area contributed by atoms with E-state index >= 15 is 0 Å². The number of anilines is 1. The third-order valence-electron chi connectivity index (χ3n) is 2.87. The van der Waals surface area contributed by atoms with E-state index in [1.165, 1.54) is 0 Å². The highest BCUT2D eigenvalue weighted by atomic mass is 79.9. The SMILES string of the molecule is O=C(Nc1cc(C(F)(F)F)ccc1Cl)C(Br)c1ccccc1. The maximum Gasteiger partial charge on any atom is 0.416 e. The first-order valence-corrected chi connectivity index (χ1v) is 7.45. The molecule has 0 heterocycles. The van der Waals surface area contributed by atoms with E-state index in [1.54, 1.807) is 30.3 Å². The van der Waals surface area contributed by atoms with E-state index in [-0.39, 0.29) is 10.7 Å². The number of rotatable bonds is 3. The quantitative estimate of drug-likeness (QED) is 0.693. The number of hydrogen-bond donors (Lipinski definition) is 1. The lowest BCUT2D eigenvalue weighted by molar-refractivity contribution is -0.137. The maximum absolute atomic E-state index is 12.7. The van der Waals surface area contributed by atoms with Crippen molar-refractivity contribution in [1.29, 1.82) is 0 Å². The zero-order chi connectivity index (χ0) is 16.3. The molecule has 0 radical (unpaired) electrons. The number of nitrogens with one attached hydrogen (secondary N) is 1. The molecule has 0 aliphatic rings. The lowest BCUT2D eigenvalue weighted by atomic mass is 10.1. The summed E-state index contributed by atoms with van der Waals surface area (Å²) in [6.45, 7) is 0. The number of halogens is 5. The number of hydrogen-bond acceptors (Lipinski definition) is 1. The van der Waals surface area contributed by atoms with E-state index in [2.05, 4.69) is 21.2 Å². The van der Waals surface area contributed by atoms with Gasteiger partial charge in [0.2, 0.25) is 5.91 Å². The van der Waals surface area contributed by atoms with Gasteiger partial charge < -0.3 is 5.32 Å². The summed E-state index contributed by atoms with van der Waals surface area (Å²) in [5.41, 5.74) is -0.275. The Labute approximate surface area is 138 Å². The second-order valence-electron chi connectivity index (χ2n) is 4.45. The van der Waals surface area contributed by atoms with Crippen LogP contribution in [0.3, 0.4) is 0 Å². The molecule has 0 aliphatic heterocycles. The Kier molecular flexibility index (Phi) is 5.13. The smallest absolute Gasteiger partial charge is 0.323 e. The molecule has 1 unspecified atom stereocenters. The topological polar surface area (TPSA) is 29.1 Å². The molecule has 1 N–H and O–H groups in total. The molecule has 2 aromatic rings. The Morgan fingerprint density at radius 1 is 1.14 bits per heavy atom. The Morgan fingerprint density at radius 3 is 2.36 bits per heavy atom. The second kappa shape index (κ2) is 6.71. The van der Waals surface area contributed by atoms with Gasteiger partial charge in [0.25, 0.3) is 0 Å². The number of carbonyl (C=O) groups is 1. The molecule has 1 amide bonds. The van der Waals surface area contributed by atoms with Gasteiger partial charge in [-0.05, 0) is 23.8 Å². The van der Waals surface area contributed by atoms with Gasteiger partial charge in [-0.2, -0.15) is 13.2 Å². The van der Waals surface area contributed by atoms with Crippen LogP contribution in [0.15, 0.2) is 48.5 Å². The molecule has 116 valence electrons. The fraction of sp³-hybridized carbons (Fsp3) is 0.133. The number of alkyl halides is 4. The van der Waals surface area contributed by atoms with Gasteiger partial charge in [0.05, 0.1) is 16.3 Å². The van der Waals surface area contributed by atoms with Crippen molar-refractivity contribution in [3.05, 3.63) is 64.7 Å². The van der Waals surface area contributed by atoms with Gasteiger partial charge in [0.15, 0.2) is 0 Å². The lowest BCUT2D eigenvalue weighted by Gasteiger charge is -2.14. The summed E-state index contributed by atoms with van der Waals surface area (Å²) in [6.07, 6.45) is -4.50. The van der Waals surface area contributed by atoms with Crippen molar-refractivity contribution >= 4 is 39.1 Å². The minimum atomic E-state index is -4.50. The van der Waals surface area contributed by atoms with Crippen LogP contribution in [0.4, 0.5) is 18.9 Å². The van der Waals surface area contributed by atoms with Crippen LogP contribution >= 0.6 is 27.5 Å². The Hall–Kier alpha value is -1.53. The number of benzene rings is 2. The molecule has 0 saturated heterocycles. The fourth-order valence-corrected chi connectivity index (χ4v) is 2.35. The predicted molar refractivity (Wildman–Crippen MR) is 83.2 cm³/mol. The molecule has 0 spiro atoms. The molecule has 0 bridgehead atoms. The van der Waals surface area contributed by atoms with E-state index in [1.807, 2.05) is 0 Å². The highest BCUT2D eigenvalue weighted by molar-refractivity contribution is 9.09. The van der Waals surface area contributed by atoms with Crippen LogP contribution in [0.5, 0.6) is 0 Å². The van der Waals surface area contributed by atoms with E-state index in [9.17, 15) is 18.0 Å². The molecule has 2 aromatic carbocycles. The lowest BCUT2D eigenvalue weighted by Crippen LogP contribution is -2.18. The molecular weight excluding hydrogens is 383 g/mol. The Morgan fingerprint density at radius 2 is 1.77 bits per heavy atom. The largest absolute Gasteiger partial charge is 0.416 e. The van der Waals surface area contributed by atoms with Crippen molar-refractivity contribution in [2.24, 2.45) is 0 Å². The highest BCUT2D eigenvalue weighted by Gasteiger charge is 2.31. The number of amides is 1. The van der Waals surface area contributed by atoms with E-state index < -0.39 is 22.5 Å². The highest BCUT2D eigenvalue weighted by Crippen LogP contribution is 2.34. The van der Waals surface area contributed by atoms with Crippen LogP contribution in [0.25, 0.3) is 0 Å². The maximum atomic E-state index is 12.7. The van der Waals surface area contributed by atoms with Gasteiger partial charge in [-0.25, -0.2) is 0 Å². The first-order chi connectivity index (χ1) is 10.3. The van der Waals surface area contributed by atoms with Crippen molar-refractivity contribution < 1.29 is 18.0 Å². The third kappa shape index (κ3) is 4.01. The Balaban J connectivity index is 2.21. The zero-order valence-corrected chi connectivity index (χ0v) is 13.3. The molecule has 1 atom stereocenters. The monoisotopic (exact) mass is 391 g/mol. The molecule has 2 nitrogen and oxygen atoms in total. The van der Waals surface area contributed by atoms with Crippen molar-refractivity contribution in [3.63, 3.8) is 0 Å².